The highest BCUT2D eigenvalue weighted by Gasteiger charge is 2.33. The molecular formula is C53H69N11O4S2. The Kier molecular flexibility index (Phi) is 14.3. The largest absolute Gasteiger partial charge is 0.463 e. The van der Waals surface area contributed by atoms with E-state index in [-0.39, 0.29) is 16.9 Å². The van der Waals surface area contributed by atoms with E-state index in [0.29, 0.717) is 25.6 Å². The molecule has 0 bridgehead atoms. The smallest absolute Gasteiger partial charge is 0.409 e. The Hall–Kier alpha value is -5.07. The summed E-state index contributed by atoms with van der Waals surface area (Å²) >= 11 is 3.41. The van der Waals surface area contributed by atoms with Crippen LogP contribution in [0.3, 0.4) is 0 Å². The molecule has 2 N–H and O–H groups in total. The molecule has 7 aromatic rings. The maximum absolute atomic E-state index is 12.0. The topological polar surface area (TPSA) is 160 Å². The van der Waals surface area contributed by atoms with Crippen LogP contribution < -0.4 is 10.6 Å². The van der Waals surface area contributed by atoms with Crippen LogP contribution in [-0.2, 0) is 41.6 Å². The van der Waals surface area contributed by atoms with Gasteiger partial charge in [0.25, 0.3) is 0 Å². The molecule has 7 aromatic heterocycles. The molecule has 2 fully saturated rings. The molecule has 1 amide bonds. The Morgan fingerprint density at radius 2 is 1.33 bits per heavy atom. The summed E-state index contributed by atoms with van der Waals surface area (Å²) in [6.07, 6.45) is 12.5. The number of thiophene rings is 2. The summed E-state index contributed by atoms with van der Waals surface area (Å²) in [5, 5.41) is 9.59. The second kappa shape index (κ2) is 20.6. The Labute approximate surface area is 419 Å². The number of fused-ring (bicyclic) bond motifs is 10. The molecule has 15 nitrogen and oxygen atoms in total. The average Bonchev–Trinajstić information content (AvgIpc) is 4.10. The van der Waals surface area contributed by atoms with Gasteiger partial charge in [-0.25, -0.2) is 34.7 Å². The molecule has 2 saturated heterocycles. The zero-order chi connectivity index (χ0) is 48.6. The average molecular weight is 988 g/mol. The molecule has 4 aliphatic rings. The fourth-order valence-corrected chi connectivity index (χ4v) is 13.0. The number of hydrogen-bond donors (Lipinski definition) is 2. The Morgan fingerprint density at radius 3 is 1.90 bits per heavy atom. The summed E-state index contributed by atoms with van der Waals surface area (Å²) < 4.78 is 18.6. The number of ether oxygens (including phenoxy) is 2. The first kappa shape index (κ1) is 48.6. The van der Waals surface area contributed by atoms with Crippen molar-refractivity contribution in [1.29, 1.82) is 0 Å². The minimum absolute atomic E-state index is 0.204. The predicted molar refractivity (Wildman–Crippen MR) is 283 cm³/mol. The zero-order valence-electron chi connectivity index (χ0n) is 42.1. The van der Waals surface area contributed by atoms with Gasteiger partial charge in [-0.2, -0.15) is 0 Å². The zero-order valence-corrected chi connectivity index (χ0v) is 43.7. The molecule has 9 heterocycles. The number of aromatic nitrogens is 6. The third kappa shape index (κ3) is 10.3. The monoisotopic (exact) mass is 987 g/mol. The van der Waals surface area contributed by atoms with Crippen LogP contribution in [0.4, 0.5) is 16.4 Å². The molecule has 0 spiro atoms. The quantitative estimate of drug-likeness (QED) is 0.119. The second-order valence-corrected chi connectivity index (χ2v) is 23.4. The number of pyridine rings is 2. The van der Waals surface area contributed by atoms with E-state index in [0.717, 1.165) is 157 Å². The van der Waals surface area contributed by atoms with Gasteiger partial charge in [-0.05, 0) is 103 Å². The van der Waals surface area contributed by atoms with Crippen LogP contribution in [0.15, 0.2) is 35.5 Å². The van der Waals surface area contributed by atoms with Crippen molar-refractivity contribution in [2.45, 2.75) is 93.4 Å². The van der Waals surface area contributed by atoms with Crippen LogP contribution in [-0.4, -0.2) is 136 Å². The van der Waals surface area contributed by atoms with Crippen LogP contribution in [0, 0.1) is 16.7 Å². The number of piperazine rings is 1. The molecule has 2 aliphatic carbocycles. The molecule has 0 saturated carbocycles. The third-order valence-electron chi connectivity index (χ3n) is 14.5. The van der Waals surface area contributed by atoms with Gasteiger partial charge >= 0.3 is 6.09 Å². The van der Waals surface area contributed by atoms with Gasteiger partial charge < -0.3 is 29.4 Å². The standard InChI is InChI=1S/C28H40N6O2S.C25H29N5O2S/c1-6-36-27(35)34-13-11-33(12-14-34)10-9-29-25-24-23(30-17-31-25)22-20-16-28(4,5)8-7-19(20)21(15-18(2)3)32-26(22)37-24;1-25(2)6-5-16-17(14-25)19-21-22(33-24(19)29-20(16)18-4-3-11-32-18)23(28-15-27-21)26-7-8-30-9-12-31-13-10-30/h17-18H,6-16H2,1-5H3,(H,29,30,31);3-4,11,15H,5-10,12-14H2,1-2H3,(H,26,27,28). The van der Waals surface area contributed by atoms with Crippen molar-refractivity contribution in [3.8, 4) is 11.5 Å². The van der Waals surface area contributed by atoms with Crippen molar-refractivity contribution in [2.75, 3.05) is 95.9 Å². The van der Waals surface area contributed by atoms with Crippen molar-refractivity contribution in [3.05, 3.63) is 59.0 Å². The molecule has 0 unspecified atom stereocenters. The third-order valence-corrected chi connectivity index (χ3v) is 16.7. The lowest BCUT2D eigenvalue weighted by molar-refractivity contribution is 0.0398. The van der Waals surface area contributed by atoms with Crippen molar-refractivity contribution < 1.29 is 18.7 Å². The number of carbonyl (C=O) groups excluding carboxylic acids is 1. The molecular weight excluding hydrogens is 919 g/mol. The molecule has 0 aromatic carbocycles. The Morgan fingerprint density at radius 1 is 0.757 bits per heavy atom. The molecule has 0 radical (unpaired) electrons. The Balaban J connectivity index is 0.000000163. The number of furan rings is 1. The number of nitrogens with one attached hydrogen (secondary N) is 2. The van der Waals surface area contributed by atoms with Crippen molar-refractivity contribution in [2.24, 2.45) is 16.7 Å². The minimum Gasteiger partial charge on any atom is -0.463 e. The number of anilines is 2. The van der Waals surface area contributed by atoms with Crippen LogP contribution >= 0.6 is 22.7 Å². The lowest BCUT2D eigenvalue weighted by Crippen LogP contribution is -2.49. The first-order valence-corrected chi connectivity index (χ1v) is 27.1. The summed E-state index contributed by atoms with van der Waals surface area (Å²) in [7, 11) is 0. The lowest BCUT2D eigenvalue weighted by atomic mass is 9.73. The SMILES string of the molecule is CC1(C)CCc2c(-c3ccco3)nc3sc4c(NCCN5CCOCC5)ncnc4c3c2C1.CCOC(=O)N1CCN(CCNc2ncnc3c2sc2nc(CC(C)C)c4c(c23)CC(C)(C)CC4)CC1. The van der Waals surface area contributed by atoms with Gasteiger partial charge in [0.15, 0.2) is 5.76 Å². The number of amides is 1. The van der Waals surface area contributed by atoms with Crippen LogP contribution in [0.1, 0.15) is 89.3 Å². The van der Waals surface area contributed by atoms with Gasteiger partial charge in [0.2, 0.25) is 0 Å². The molecule has 70 heavy (non-hydrogen) atoms. The van der Waals surface area contributed by atoms with Gasteiger partial charge in [-0.1, -0.05) is 41.5 Å². The fraction of sp³-hybridized carbons (Fsp3) is 0.566. The second-order valence-electron chi connectivity index (χ2n) is 21.4. The molecule has 0 atom stereocenters. The summed E-state index contributed by atoms with van der Waals surface area (Å²) in [4.78, 5) is 49.7. The van der Waals surface area contributed by atoms with Crippen LogP contribution in [0.5, 0.6) is 0 Å². The lowest BCUT2D eigenvalue weighted by Gasteiger charge is -2.34. The van der Waals surface area contributed by atoms with E-state index >= 15 is 0 Å². The first-order chi connectivity index (χ1) is 33.8. The summed E-state index contributed by atoms with van der Waals surface area (Å²) in [5.74, 6) is 3.22. The highest BCUT2D eigenvalue weighted by atomic mass is 32.1. The Bertz CT molecular complexity index is 2970. The van der Waals surface area contributed by atoms with E-state index in [1.165, 1.54) is 45.1 Å². The van der Waals surface area contributed by atoms with Gasteiger partial charge in [0.05, 0.1) is 46.5 Å². The maximum atomic E-state index is 12.0. The van der Waals surface area contributed by atoms with E-state index < -0.39 is 0 Å². The fourth-order valence-electron chi connectivity index (χ4n) is 10.8. The van der Waals surface area contributed by atoms with Gasteiger partial charge in [-0.15, -0.1) is 22.7 Å². The number of rotatable bonds is 12. The maximum Gasteiger partial charge on any atom is 0.409 e. The molecule has 11 rings (SSSR count). The molecule has 17 heteroatoms. The number of morpholine rings is 1. The van der Waals surface area contributed by atoms with E-state index in [1.54, 1.807) is 46.5 Å². The predicted octanol–water partition coefficient (Wildman–Crippen LogP) is 9.90. The normalized spacial score (nSPS) is 18.3. The van der Waals surface area contributed by atoms with Gasteiger partial charge in [0, 0.05) is 81.9 Å². The summed E-state index contributed by atoms with van der Waals surface area (Å²) in [6, 6.07) is 3.95. The van der Waals surface area contributed by atoms with E-state index in [1.807, 2.05) is 19.1 Å². The highest BCUT2D eigenvalue weighted by Crippen LogP contribution is 2.47. The molecule has 372 valence electrons. The number of nitrogens with zero attached hydrogens (tertiary/aromatic N) is 9. The molecule has 2 aliphatic heterocycles. The van der Waals surface area contributed by atoms with E-state index in [2.05, 4.69) is 71.9 Å². The van der Waals surface area contributed by atoms with Gasteiger partial charge in [0.1, 0.15) is 39.6 Å². The first-order valence-electron chi connectivity index (χ1n) is 25.5. The summed E-state index contributed by atoms with van der Waals surface area (Å²) in [6.45, 7) is 26.5. The van der Waals surface area contributed by atoms with E-state index in [4.69, 9.17) is 33.8 Å². The van der Waals surface area contributed by atoms with E-state index in [9.17, 15) is 4.79 Å². The van der Waals surface area contributed by atoms with Crippen molar-refractivity contribution in [1.82, 2.24) is 44.6 Å². The van der Waals surface area contributed by atoms with Gasteiger partial charge in [-0.3, -0.25) is 9.80 Å². The number of hydrogen-bond acceptors (Lipinski definition) is 16. The van der Waals surface area contributed by atoms with Crippen LogP contribution in [0.2, 0.25) is 0 Å². The van der Waals surface area contributed by atoms with Crippen molar-refractivity contribution in [3.63, 3.8) is 0 Å². The highest BCUT2D eigenvalue weighted by molar-refractivity contribution is 7.26. The van der Waals surface area contributed by atoms with Crippen LogP contribution in [0.25, 0.3) is 52.3 Å². The summed E-state index contributed by atoms with van der Waals surface area (Å²) in [5.41, 5.74) is 10.5. The number of carbonyl (C=O) groups is 1. The minimum atomic E-state index is -0.204. The van der Waals surface area contributed by atoms with Crippen molar-refractivity contribution >= 4 is 81.3 Å².